The van der Waals surface area contributed by atoms with E-state index in [1.165, 1.54) is 10.9 Å². The highest BCUT2D eigenvalue weighted by molar-refractivity contribution is 7.94. The molecule has 0 radical (unpaired) electrons. The van der Waals surface area contributed by atoms with Crippen molar-refractivity contribution in [3.8, 4) is 5.82 Å². The van der Waals surface area contributed by atoms with Crippen LogP contribution in [0.3, 0.4) is 0 Å². The van der Waals surface area contributed by atoms with Gasteiger partial charge in [-0.05, 0) is 26.2 Å². The molecule has 180 valence electrons. The van der Waals surface area contributed by atoms with E-state index in [0.717, 1.165) is 6.42 Å². The van der Waals surface area contributed by atoms with Crippen molar-refractivity contribution < 1.29 is 13.5 Å². The van der Waals surface area contributed by atoms with Crippen LogP contribution in [0, 0.1) is 0 Å². The van der Waals surface area contributed by atoms with Gasteiger partial charge in [-0.2, -0.15) is 5.10 Å². The second-order valence-corrected chi connectivity index (χ2v) is 10.3. The zero-order chi connectivity index (χ0) is 24.2. The van der Waals surface area contributed by atoms with E-state index in [-0.39, 0.29) is 23.1 Å². The summed E-state index contributed by atoms with van der Waals surface area (Å²) in [5, 5.41) is 19.2. The highest BCUT2D eigenvalue weighted by atomic mass is 32.2. The molecule has 0 aromatic carbocycles. The van der Waals surface area contributed by atoms with E-state index in [1.807, 2.05) is 11.8 Å². The fourth-order valence-electron chi connectivity index (χ4n) is 4.01. The Morgan fingerprint density at radius 2 is 2.24 bits per heavy atom. The maximum Gasteiger partial charge on any atom is 0.270 e. The molecule has 0 aliphatic carbocycles. The van der Waals surface area contributed by atoms with Gasteiger partial charge in [0.15, 0.2) is 15.7 Å². The van der Waals surface area contributed by atoms with Gasteiger partial charge >= 0.3 is 0 Å². The molecule has 0 bridgehead atoms. The zero-order valence-corrected chi connectivity index (χ0v) is 20.1. The van der Waals surface area contributed by atoms with Crippen LogP contribution in [-0.4, -0.2) is 69.7 Å². The van der Waals surface area contributed by atoms with Gasteiger partial charge in [0.05, 0.1) is 18.4 Å². The highest BCUT2D eigenvalue weighted by Gasteiger charge is 2.33. The van der Waals surface area contributed by atoms with E-state index >= 15 is 0 Å². The Balaban J connectivity index is 2.21. The smallest absolute Gasteiger partial charge is 0.270 e. The number of aromatic nitrogens is 4. The van der Waals surface area contributed by atoms with Gasteiger partial charge in [0.25, 0.3) is 5.56 Å². The van der Waals surface area contributed by atoms with Crippen LogP contribution in [0.4, 0.5) is 5.82 Å². The summed E-state index contributed by atoms with van der Waals surface area (Å²) in [6.45, 7) is 8.12. The second-order valence-electron chi connectivity index (χ2n) is 8.20. The molecule has 33 heavy (non-hydrogen) atoms. The molecule has 2 atom stereocenters. The predicted octanol–water partition coefficient (Wildman–Crippen LogP) is 2.39. The lowest BCUT2D eigenvalue weighted by molar-refractivity contribution is 0.219. The number of sulfone groups is 1. The minimum absolute atomic E-state index is 0.0505. The van der Waals surface area contributed by atoms with Crippen LogP contribution in [0.25, 0.3) is 5.82 Å². The quantitative estimate of drug-likeness (QED) is 0.451. The van der Waals surface area contributed by atoms with Crippen LogP contribution in [-0.2, 0) is 9.84 Å². The minimum Gasteiger partial charge on any atom is -0.395 e. The predicted molar refractivity (Wildman–Crippen MR) is 129 cm³/mol. The largest absolute Gasteiger partial charge is 0.395 e. The summed E-state index contributed by atoms with van der Waals surface area (Å²) in [4.78, 5) is 20.1. The van der Waals surface area contributed by atoms with E-state index in [9.17, 15) is 18.3 Å². The van der Waals surface area contributed by atoms with E-state index in [2.05, 4.69) is 28.8 Å². The third-order valence-electron chi connectivity index (χ3n) is 5.90. The first-order valence-electron chi connectivity index (χ1n) is 11.0. The Morgan fingerprint density at radius 3 is 2.82 bits per heavy atom. The molecule has 2 aromatic heterocycles. The number of aromatic amines is 2. The summed E-state index contributed by atoms with van der Waals surface area (Å²) in [6.07, 6.45) is 8.09. The first-order valence-corrected chi connectivity index (χ1v) is 12.9. The summed E-state index contributed by atoms with van der Waals surface area (Å²) in [5.74, 6) is 1.12. The number of fused-ring (bicyclic) bond motifs is 1. The van der Waals surface area contributed by atoms with Crippen LogP contribution in [0.2, 0.25) is 0 Å². The molecule has 0 saturated carbocycles. The van der Waals surface area contributed by atoms with E-state index in [4.69, 9.17) is 4.99 Å². The molecule has 3 rings (SSSR count). The van der Waals surface area contributed by atoms with Crippen molar-refractivity contribution >= 4 is 21.5 Å². The summed E-state index contributed by atoms with van der Waals surface area (Å²) < 4.78 is 26.5. The lowest BCUT2D eigenvalue weighted by Gasteiger charge is -2.34. The highest BCUT2D eigenvalue weighted by Crippen LogP contribution is 2.37. The van der Waals surface area contributed by atoms with Crippen LogP contribution < -0.4 is 5.56 Å². The maximum atomic E-state index is 13.0. The molecule has 0 fully saturated rings. The molecule has 1 aliphatic heterocycles. The van der Waals surface area contributed by atoms with Gasteiger partial charge in [0, 0.05) is 42.2 Å². The number of H-pyrrole nitrogens is 2. The van der Waals surface area contributed by atoms with Gasteiger partial charge in [-0.3, -0.25) is 15.0 Å². The number of hydrogen-bond donors (Lipinski definition) is 3. The topological polar surface area (TPSA) is 136 Å². The summed E-state index contributed by atoms with van der Waals surface area (Å²) in [7, 11) is -3.47. The third-order valence-corrected chi connectivity index (χ3v) is 7.19. The Labute approximate surface area is 193 Å². The van der Waals surface area contributed by atoms with Crippen LogP contribution in [0.1, 0.15) is 51.0 Å². The average molecular weight is 477 g/mol. The number of allylic oxidation sites excluding steroid dienone is 3. The standard InChI is InChI=1S/C22H32N6O4S/c1-5-7-8-17(33(4,31)32)13-16-14-19(27(11-12-29)15(3)6-2)24-21-20(16)22(30)26-28(21)18-9-10-23-25-18/h5,9-10,13,15-16,29H,1,6-8,11-12,14H2,2-4H3,(H,23,25)(H,26,30)/b17-13-. The van der Waals surface area contributed by atoms with Gasteiger partial charge in [-0.15, -0.1) is 6.58 Å². The molecule has 3 N–H and O–H groups in total. The molecular weight excluding hydrogens is 444 g/mol. The number of aliphatic hydroxyl groups excluding tert-OH is 1. The van der Waals surface area contributed by atoms with Gasteiger partial charge in [0.1, 0.15) is 11.7 Å². The molecule has 3 heterocycles. The summed E-state index contributed by atoms with van der Waals surface area (Å²) in [5.41, 5.74) is 0.0682. The number of hydrogen-bond acceptors (Lipinski definition) is 7. The molecule has 11 heteroatoms. The first-order chi connectivity index (χ1) is 15.7. The Kier molecular flexibility index (Phi) is 7.75. The lowest BCUT2D eigenvalue weighted by Crippen LogP contribution is -2.41. The van der Waals surface area contributed by atoms with Crippen LogP contribution in [0.5, 0.6) is 0 Å². The number of nitrogens with zero attached hydrogens (tertiary/aromatic N) is 4. The Hall–Kier alpha value is -2.92. The number of nitrogens with one attached hydrogen (secondary N) is 2. The first kappa shape index (κ1) is 24.7. The fourth-order valence-corrected chi connectivity index (χ4v) is 4.91. The molecule has 1 aliphatic rings. The summed E-state index contributed by atoms with van der Waals surface area (Å²) in [6, 6.07) is 1.81. The Morgan fingerprint density at radius 1 is 1.48 bits per heavy atom. The van der Waals surface area contributed by atoms with E-state index < -0.39 is 15.8 Å². The van der Waals surface area contributed by atoms with Crippen molar-refractivity contribution in [1.82, 2.24) is 24.9 Å². The van der Waals surface area contributed by atoms with E-state index in [1.54, 1.807) is 24.4 Å². The average Bonchev–Trinajstić information content (AvgIpc) is 3.41. The monoisotopic (exact) mass is 476 g/mol. The number of aliphatic imine (C=N–C) groups is 1. The second kappa shape index (κ2) is 10.3. The molecule has 0 saturated heterocycles. The van der Waals surface area contributed by atoms with E-state index in [0.29, 0.717) is 48.8 Å². The van der Waals surface area contributed by atoms with Crippen LogP contribution >= 0.6 is 0 Å². The van der Waals surface area contributed by atoms with Crippen molar-refractivity contribution in [3.05, 3.63) is 51.8 Å². The molecule has 2 aromatic rings. The molecule has 10 nitrogen and oxygen atoms in total. The number of amidine groups is 1. The summed E-state index contributed by atoms with van der Waals surface area (Å²) >= 11 is 0. The van der Waals surface area contributed by atoms with Crippen molar-refractivity contribution in [2.45, 2.75) is 51.5 Å². The third kappa shape index (κ3) is 5.36. The van der Waals surface area contributed by atoms with Gasteiger partial charge in [-0.25, -0.2) is 18.1 Å². The molecule has 0 spiro atoms. The normalized spacial score (nSPS) is 17.4. The van der Waals surface area contributed by atoms with Crippen molar-refractivity contribution in [2.75, 3.05) is 19.4 Å². The fraction of sp³-hybridized carbons (Fsp3) is 0.500. The van der Waals surface area contributed by atoms with Crippen LogP contribution in [0.15, 0.2) is 45.7 Å². The minimum atomic E-state index is -3.47. The van der Waals surface area contributed by atoms with Crippen molar-refractivity contribution in [1.29, 1.82) is 0 Å². The van der Waals surface area contributed by atoms with Crippen molar-refractivity contribution in [2.24, 2.45) is 4.99 Å². The lowest BCUT2D eigenvalue weighted by atomic mass is 9.92. The van der Waals surface area contributed by atoms with Gasteiger partial charge < -0.3 is 10.0 Å². The van der Waals surface area contributed by atoms with Gasteiger partial charge in [0.2, 0.25) is 0 Å². The number of rotatable bonds is 10. The Bertz CT molecular complexity index is 1190. The van der Waals surface area contributed by atoms with Gasteiger partial charge in [-0.1, -0.05) is 19.1 Å². The van der Waals surface area contributed by atoms with Crippen molar-refractivity contribution in [3.63, 3.8) is 0 Å². The SMILES string of the molecule is C=CCC/C(=C/C1CC(N(CCO)C(C)CC)=Nc2c1c(=O)[nH]n2-c1ccn[nH]1)S(C)(=O)=O. The maximum absolute atomic E-state index is 13.0. The molecule has 0 amide bonds. The molecule has 2 unspecified atom stereocenters. The molecular formula is C22H32N6O4S. The zero-order valence-electron chi connectivity index (χ0n) is 19.3. The number of aliphatic hydroxyl groups is 1.